The van der Waals surface area contributed by atoms with Gasteiger partial charge in [0.05, 0.1) is 23.4 Å². The van der Waals surface area contributed by atoms with E-state index in [0.717, 1.165) is 19.6 Å². The Bertz CT molecular complexity index is 462. The highest BCUT2D eigenvalue weighted by molar-refractivity contribution is 6.35. The summed E-state index contributed by atoms with van der Waals surface area (Å²) in [6, 6.07) is 3.22. The summed E-state index contributed by atoms with van der Waals surface area (Å²) in [5.41, 5.74) is 6.52. The Labute approximate surface area is 125 Å². The normalized spacial score (nSPS) is 10.7. The molecule has 0 bridgehead atoms. The van der Waals surface area contributed by atoms with Gasteiger partial charge in [-0.25, -0.2) is 0 Å². The van der Waals surface area contributed by atoms with Crippen LogP contribution in [0.4, 0.5) is 5.69 Å². The third-order valence-electron chi connectivity index (χ3n) is 3.18. The van der Waals surface area contributed by atoms with Crippen LogP contribution in [0.3, 0.4) is 0 Å². The highest BCUT2D eigenvalue weighted by Gasteiger charge is 2.16. The third kappa shape index (κ3) is 4.02. The number of nitrogens with zero attached hydrogens (tertiary/aromatic N) is 1. The van der Waals surface area contributed by atoms with Crippen molar-refractivity contribution < 1.29 is 9.53 Å². The van der Waals surface area contributed by atoms with E-state index < -0.39 is 0 Å². The Morgan fingerprint density at radius 2 is 2.05 bits per heavy atom. The van der Waals surface area contributed by atoms with Crippen LogP contribution in [0.25, 0.3) is 0 Å². The lowest BCUT2D eigenvalue weighted by atomic mass is 10.1. The number of carbonyl (C=O) groups is 1. The topological polar surface area (TPSA) is 67.6 Å². The predicted molar refractivity (Wildman–Crippen MR) is 82.5 cm³/mol. The van der Waals surface area contributed by atoms with Gasteiger partial charge in [0, 0.05) is 13.1 Å². The van der Waals surface area contributed by atoms with Gasteiger partial charge in [-0.3, -0.25) is 4.79 Å². The highest BCUT2D eigenvalue weighted by atomic mass is 35.5. The molecule has 0 atom stereocenters. The zero-order chi connectivity index (χ0) is 15.1. The maximum Gasteiger partial charge on any atom is 0.252 e. The molecule has 0 spiro atoms. The Morgan fingerprint density at radius 1 is 1.40 bits per heavy atom. The van der Waals surface area contributed by atoms with E-state index in [1.807, 2.05) is 0 Å². The molecule has 3 N–H and O–H groups in total. The largest absolute Gasteiger partial charge is 0.493 e. The van der Waals surface area contributed by atoms with Crippen molar-refractivity contribution in [2.75, 3.05) is 39.0 Å². The number of carbonyl (C=O) groups excluding carboxylic acids is 1. The molecule has 112 valence electrons. The second-order valence-corrected chi connectivity index (χ2v) is 4.71. The number of ether oxygens (including phenoxy) is 1. The van der Waals surface area contributed by atoms with Gasteiger partial charge in [0.25, 0.3) is 5.91 Å². The number of rotatable bonds is 7. The third-order valence-corrected chi connectivity index (χ3v) is 3.56. The second kappa shape index (κ2) is 7.97. The molecule has 1 aromatic carbocycles. The fourth-order valence-corrected chi connectivity index (χ4v) is 2.25. The average molecular weight is 300 g/mol. The van der Waals surface area contributed by atoms with Crippen molar-refractivity contribution in [3.8, 4) is 5.75 Å². The molecule has 0 saturated carbocycles. The fourth-order valence-electron chi connectivity index (χ4n) is 1.92. The zero-order valence-electron chi connectivity index (χ0n) is 12.2. The first-order valence-corrected chi connectivity index (χ1v) is 7.05. The Morgan fingerprint density at radius 3 is 2.60 bits per heavy atom. The number of benzene rings is 1. The zero-order valence-corrected chi connectivity index (χ0v) is 13.0. The van der Waals surface area contributed by atoms with Crippen LogP contribution in [-0.2, 0) is 0 Å². The molecular formula is C14H22ClN3O2. The molecule has 1 amide bonds. The average Bonchev–Trinajstić information content (AvgIpc) is 2.44. The maximum absolute atomic E-state index is 12.1. The van der Waals surface area contributed by atoms with Gasteiger partial charge in [0.2, 0.25) is 0 Å². The molecule has 0 saturated heterocycles. The molecule has 0 heterocycles. The first-order valence-electron chi connectivity index (χ1n) is 6.67. The van der Waals surface area contributed by atoms with E-state index >= 15 is 0 Å². The molecule has 0 aliphatic rings. The van der Waals surface area contributed by atoms with Gasteiger partial charge < -0.3 is 20.7 Å². The van der Waals surface area contributed by atoms with Crippen LogP contribution in [0.1, 0.15) is 24.2 Å². The van der Waals surface area contributed by atoms with E-state index in [0.29, 0.717) is 23.5 Å². The van der Waals surface area contributed by atoms with Crippen molar-refractivity contribution in [2.24, 2.45) is 0 Å². The minimum Gasteiger partial charge on any atom is -0.493 e. The predicted octanol–water partition coefficient (Wildman–Crippen LogP) is 2.00. The molecule has 1 aromatic rings. The van der Waals surface area contributed by atoms with E-state index in [1.54, 1.807) is 12.1 Å². The number of amides is 1. The number of hydrogen-bond donors (Lipinski definition) is 2. The van der Waals surface area contributed by atoms with Crippen molar-refractivity contribution >= 4 is 23.2 Å². The fraction of sp³-hybridized carbons (Fsp3) is 0.500. The van der Waals surface area contributed by atoms with Crippen LogP contribution in [-0.4, -0.2) is 44.1 Å². The van der Waals surface area contributed by atoms with E-state index in [-0.39, 0.29) is 10.9 Å². The molecule has 0 radical (unpaired) electrons. The van der Waals surface area contributed by atoms with E-state index in [1.165, 1.54) is 7.11 Å². The summed E-state index contributed by atoms with van der Waals surface area (Å²) in [6.07, 6.45) is 0. The summed E-state index contributed by atoms with van der Waals surface area (Å²) in [5, 5.41) is 3.09. The molecular weight excluding hydrogens is 278 g/mol. The molecule has 0 aliphatic heterocycles. The smallest absolute Gasteiger partial charge is 0.252 e. The van der Waals surface area contributed by atoms with Crippen LogP contribution < -0.4 is 15.8 Å². The van der Waals surface area contributed by atoms with Crippen molar-refractivity contribution in [2.45, 2.75) is 13.8 Å². The molecule has 5 nitrogen and oxygen atoms in total. The van der Waals surface area contributed by atoms with Crippen LogP contribution in [0.5, 0.6) is 5.75 Å². The van der Waals surface area contributed by atoms with Crippen molar-refractivity contribution in [1.29, 1.82) is 0 Å². The van der Waals surface area contributed by atoms with Crippen LogP contribution in [0, 0.1) is 0 Å². The second-order valence-electron chi connectivity index (χ2n) is 4.33. The number of halogens is 1. The van der Waals surface area contributed by atoms with E-state index in [4.69, 9.17) is 22.1 Å². The van der Waals surface area contributed by atoms with Gasteiger partial charge in [-0.15, -0.1) is 0 Å². The SMILES string of the molecule is CCN(CC)CCNC(=O)c1ccc(N)c(OC)c1Cl. The molecule has 0 aromatic heterocycles. The van der Waals surface area contributed by atoms with Crippen LogP contribution in [0.15, 0.2) is 12.1 Å². The standard InChI is InChI=1S/C14H22ClN3O2/c1-4-18(5-2)9-8-17-14(19)10-6-7-11(16)13(20-3)12(10)15/h6-7H,4-5,8-9,16H2,1-3H3,(H,17,19). The van der Waals surface area contributed by atoms with Gasteiger partial charge in [-0.1, -0.05) is 25.4 Å². The first-order chi connectivity index (χ1) is 9.54. The van der Waals surface area contributed by atoms with Gasteiger partial charge in [0.1, 0.15) is 0 Å². The van der Waals surface area contributed by atoms with Gasteiger partial charge in [0.15, 0.2) is 5.75 Å². The summed E-state index contributed by atoms with van der Waals surface area (Å²) < 4.78 is 5.10. The number of nitrogen functional groups attached to an aromatic ring is 1. The molecule has 20 heavy (non-hydrogen) atoms. The molecule has 6 heteroatoms. The maximum atomic E-state index is 12.1. The number of hydrogen-bond acceptors (Lipinski definition) is 4. The quantitative estimate of drug-likeness (QED) is 0.756. The van der Waals surface area contributed by atoms with Crippen LogP contribution >= 0.6 is 11.6 Å². The molecule has 0 unspecified atom stereocenters. The summed E-state index contributed by atoms with van der Waals surface area (Å²) in [5.74, 6) is 0.114. The lowest BCUT2D eigenvalue weighted by Crippen LogP contribution is -2.34. The molecule has 0 fully saturated rings. The summed E-state index contributed by atoms with van der Waals surface area (Å²) in [4.78, 5) is 14.3. The number of nitrogens with two attached hydrogens (primary N) is 1. The number of methoxy groups -OCH3 is 1. The molecule has 0 aliphatic carbocycles. The van der Waals surface area contributed by atoms with Gasteiger partial charge in [-0.05, 0) is 25.2 Å². The van der Waals surface area contributed by atoms with Crippen LogP contribution in [0.2, 0.25) is 5.02 Å². The number of likely N-dealkylation sites (N-methyl/N-ethyl adjacent to an activating group) is 1. The Balaban J connectivity index is 2.69. The van der Waals surface area contributed by atoms with E-state index in [2.05, 4.69) is 24.1 Å². The lowest BCUT2D eigenvalue weighted by molar-refractivity contribution is 0.0949. The lowest BCUT2D eigenvalue weighted by Gasteiger charge is -2.18. The minimum absolute atomic E-state index is 0.222. The summed E-state index contributed by atoms with van der Waals surface area (Å²) in [7, 11) is 1.47. The van der Waals surface area contributed by atoms with Crippen molar-refractivity contribution in [3.63, 3.8) is 0 Å². The molecule has 1 rings (SSSR count). The van der Waals surface area contributed by atoms with Gasteiger partial charge in [-0.2, -0.15) is 0 Å². The minimum atomic E-state index is -0.222. The summed E-state index contributed by atoms with van der Waals surface area (Å²) >= 11 is 6.13. The van der Waals surface area contributed by atoms with Crippen molar-refractivity contribution in [3.05, 3.63) is 22.7 Å². The van der Waals surface area contributed by atoms with Gasteiger partial charge >= 0.3 is 0 Å². The highest BCUT2D eigenvalue weighted by Crippen LogP contribution is 2.33. The number of anilines is 1. The Kier molecular flexibility index (Phi) is 6.61. The monoisotopic (exact) mass is 299 g/mol. The first kappa shape index (κ1) is 16.6. The Hall–Kier alpha value is -1.46. The van der Waals surface area contributed by atoms with E-state index in [9.17, 15) is 4.79 Å². The number of nitrogens with one attached hydrogen (secondary N) is 1. The van der Waals surface area contributed by atoms with Crippen molar-refractivity contribution in [1.82, 2.24) is 10.2 Å². The summed E-state index contributed by atoms with van der Waals surface area (Å²) in [6.45, 7) is 7.48.